The van der Waals surface area contributed by atoms with E-state index in [0.29, 0.717) is 0 Å². The molecule has 1 rings (SSSR count). The van der Waals surface area contributed by atoms with Gasteiger partial charge in [-0.15, -0.1) is 0 Å². The fraction of sp³-hybridized carbons (Fsp3) is 0.412. The maximum Gasteiger partial charge on any atom is 0.00732 e. The van der Waals surface area contributed by atoms with Crippen molar-refractivity contribution in [1.82, 2.24) is 5.32 Å². The summed E-state index contributed by atoms with van der Waals surface area (Å²) >= 11 is 0. The van der Waals surface area contributed by atoms with Crippen molar-refractivity contribution in [3.63, 3.8) is 0 Å². The van der Waals surface area contributed by atoms with Gasteiger partial charge in [-0.1, -0.05) is 30.9 Å². The summed E-state index contributed by atoms with van der Waals surface area (Å²) < 4.78 is 0. The number of aryl methyl sites for hydroxylation is 2. The number of allylic oxidation sites excluding steroid dienone is 2. The topological polar surface area (TPSA) is 12.0 Å². The third-order valence-electron chi connectivity index (χ3n) is 3.35. The maximum absolute atomic E-state index is 4.01. The first-order valence-electron chi connectivity index (χ1n) is 6.75. The minimum atomic E-state index is 1.05. The fourth-order valence-corrected chi connectivity index (χ4v) is 2.01. The van der Waals surface area contributed by atoms with Crippen LogP contribution >= 0.6 is 0 Å². The molecule has 0 atom stereocenters. The van der Waals surface area contributed by atoms with Crippen molar-refractivity contribution in [2.75, 3.05) is 0 Å². The summed E-state index contributed by atoms with van der Waals surface area (Å²) in [6.07, 6.45) is 8.56. The summed E-state index contributed by atoms with van der Waals surface area (Å²) in [5.74, 6) is 0. The highest BCUT2D eigenvalue weighted by Gasteiger charge is 2.00. The van der Waals surface area contributed by atoms with Gasteiger partial charge in [0, 0.05) is 5.70 Å². The van der Waals surface area contributed by atoms with Crippen LogP contribution in [0.3, 0.4) is 0 Å². The minimum absolute atomic E-state index is 1.05. The zero-order chi connectivity index (χ0) is 13.4. The lowest BCUT2D eigenvalue weighted by Crippen LogP contribution is -2.03. The van der Waals surface area contributed by atoms with Crippen LogP contribution in [0.25, 0.3) is 0 Å². The molecule has 98 valence electrons. The predicted molar refractivity (Wildman–Crippen MR) is 80.6 cm³/mol. The highest BCUT2D eigenvalue weighted by Crippen LogP contribution is 2.16. The van der Waals surface area contributed by atoms with Crippen molar-refractivity contribution in [3.05, 3.63) is 59.4 Å². The molecule has 0 aliphatic heterocycles. The highest BCUT2D eigenvalue weighted by molar-refractivity contribution is 5.33. The molecule has 0 saturated heterocycles. The first-order chi connectivity index (χ1) is 8.65. The fourth-order valence-electron chi connectivity index (χ4n) is 2.01. The van der Waals surface area contributed by atoms with Crippen LogP contribution in [0.5, 0.6) is 0 Å². The van der Waals surface area contributed by atoms with E-state index in [0.717, 1.165) is 12.1 Å². The van der Waals surface area contributed by atoms with Crippen LogP contribution in [0.15, 0.2) is 42.8 Å². The Hall–Kier alpha value is -1.50. The number of nitrogens with one attached hydrogen (secondary N) is 1. The van der Waals surface area contributed by atoms with Crippen molar-refractivity contribution in [2.24, 2.45) is 0 Å². The molecule has 0 amide bonds. The van der Waals surface area contributed by atoms with Crippen molar-refractivity contribution in [3.8, 4) is 0 Å². The Morgan fingerprint density at radius 2 is 2.06 bits per heavy atom. The number of hydrogen-bond donors (Lipinski definition) is 1. The van der Waals surface area contributed by atoms with Crippen LogP contribution in [-0.2, 0) is 6.42 Å². The van der Waals surface area contributed by atoms with Gasteiger partial charge in [-0.3, -0.25) is 0 Å². The van der Waals surface area contributed by atoms with Gasteiger partial charge in [0.25, 0.3) is 0 Å². The van der Waals surface area contributed by atoms with E-state index in [2.05, 4.69) is 43.9 Å². The maximum atomic E-state index is 4.01. The summed E-state index contributed by atoms with van der Waals surface area (Å²) in [5.41, 5.74) is 5.44. The van der Waals surface area contributed by atoms with Crippen LogP contribution in [-0.4, -0.2) is 0 Å². The molecule has 0 spiro atoms. The van der Waals surface area contributed by atoms with Gasteiger partial charge in [0.2, 0.25) is 0 Å². The largest absolute Gasteiger partial charge is 0.366 e. The number of unbranched alkanes of at least 4 members (excludes halogenated alkanes) is 1. The lowest BCUT2D eigenvalue weighted by molar-refractivity contribution is 0.709. The first-order valence-corrected chi connectivity index (χ1v) is 6.75. The second-order valence-electron chi connectivity index (χ2n) is 4.81. The third kappa shape index (κ3) is 4.79. The summed E-state index contributed by atoms with van der Waals surface area (Å²) in [6, 6.07) is 6.58. The average molecular weight is 243 g/mol. The van der Waals surface area contributed by atoms with Crippen molar-refractivity contribution >= 4 is 0 Å². The molecule has 0 aliphatic rings. The van der Waals surface area contributed by atoms with Gasteiger partial charge in [0.15, 0.2) is 0 Å². The molecule has 1 N–H and O–H groups in total. The molecule has 0 bridgehead atoms. The normalized spacial score (nSPS) is 10.8. The zero-order valence-corrected chi connectivity index (χ0v) is 11.9. The molecule has 1 aromatic carbocycles. The van der Waals surface area contributed by atoms with E-state index in [9.17, 15) is 0 Å². The van der Waals surface area contributed by atoms with E-state index in [1.165, 1.54) is 36.0 Å². The Bertz CT molecular complexity index is 416. The van der Waals surface area contributed by atoms with E-state index in [4.69, 9.17) is 0 Å². The number of hydrogen-bond acceptors (Lipinski definition) is 1. The number of benzene rings is 1. The molecular weight excluding hydrogens is 218 g/mol. The second kappa shape index (κ2) is 7.75. The molecule has 0 aromatic heterocycles. The van der Waals surface area contributed by atoms with E-state index in [-0.39, 0.29) is 0 Å². The number of rotatable bonds is 7. The molecule has 0 saturated carbocycles. The Labute approximate surface area is 112 Å². The van der Waals surface area contributed by atoms with Crippen molar-refractivity contribution < 1.29 is 0 Å². The molecule has 1 heteroatoms. The Balaban J connectivity index is 2.30. The van der Waals surface area contributed by atoms with E-state index in [1.54, 1.807) is 0 Å². The lowest BCUT2D eigenvalue weighted by Gasteiger charge is -2.09. The predicted octanol–water partition coefficient (Wildman–Crippen LogP) is 4.65. The standard InChI is InChI=1S/C17H25N/c1-5-13-18-15(3)10-6-7-11-17-12-8-9-14(2)16(17)4/h5,8-9,12-13,18H,3,6-7,10-11H2,1-2,4H3/b13-5-. The van der Waals surface area contributed by atoms with Gasteiger partial charge in [0.1, 0.15) is 0 Å². The summed E-state index contributed by atoms with van der Waals surface area (Å²) in [6.45, 7) is 10.4. The van der Waals surface area contributed by atoms with Gasteiger partial charge < -0.3 is 5.32 Å². The molecule has 1 aromatic rings. The van der Waals surface area contributed by atoms with Crippen molar-refractivity contribution in [1.29, 1.82) is 0 Å². The molecule has 0 unspecified atom stereocenters. The Morgan fingerprint density at radius 3 is 2.78 bits per heavy atom. The lowest BCUT2D eigenvalue weighted by atomic mass is 9.98. The highest BCUT2D eigenvalue weighted by atomic mass is 14.8. The minimum Gasteiger partial charge on any atom is -0.366 e. The van der Waals surface area contributed by atoms with Gasteiger partial charge >= 0.3 is 0 Å². The van der Waals surface area contributed by atoms with Crippen LogP contribution in [0.2, 0.25) is 0 Å². The Morgan fingerprint density at radius 1 is 1.28 bits per heavy atom. The Kier molecular flexibility index (Phi) is 6.27. The monoisotopic (exact) mass is 243 g/mol. The van der Waals surface area contributed by atoms with Gasteiger partial charge in [-0.05, 0) is 69.3 Å². The molecular formula is C17H25N. The van der Waals surface area contributed by atoms with Crippen LogP contribution in [0.1, 0.15) is 42.9 Å². The quantitative estimate of drug-likeness (QED) is 0.687. The van der Waals surface area contributed by atoms with Gasteiger partial charge in [0.05, 0.1) is 0 Å². The molecule has 1 nitrogen and oxygen atoms in total. The van der Waals surface area contributed by atoms with Crippen LogP contribution < -0.4 is 5.32 Å². The molecule has 0 aliphatic carbocycles. The SMILES string of the molecule is C=C(CCCCc1cccc(C)c1C)N/C=C\C. The van der Waals surface area contributed by atoms with Crippen LogP contribution in [0.4, 0.5) is 0 Å². The van der Waals surface area contributed by atoms with E-state index < -0.39 is 0 Å². The smallest absolute Gasteiger partial charge is 0.00732 e. The van der Waals surface area contributed by atoms with Crippen LogP contribution in [0, 0.1) is 13.8 Å². The summed E-state index contributed by atoms with van der Waals surface area (Å²) in [4.78, 5) is 0. The second-order valence-corrected chi connectivity index (χ2v) is 4.81. The molecule has 0 fully saturated rings. The van der Waals surface area contributed by atoms with Gasteiger partial charge in [-0.25, -0.2) is 0 Å². The third-order valence-corrected chi connectivity index (χ3v) is 3.35. The summed E-state index contributed by atoms with van der Waals surface area (Å²) in [7, 11) is 0. The zero-order valence-electron chi connectivity index (χ0n) is 11.9. The first kappa shape index (κ1) is 14.6. The molecule has 18 heavy (non-hydrogen) atoms. The van der Waals surface area contributed by atoms with Gasteiger partial charge in [-0.2, -0.15) is 0 Å². The molecule has 0 heterocycles. The van der Waals surface area contributed by atoms with E-state index >= 15 is 0 Å². The van der Waals surface area contributed by atoms with Crippen molar-refractivity contribution in [2.45, 2.75) is 46.5 Å². The molecule has 0 radical (unpaired) electrons. The summed E-state index contributed by atoms with van der Waals surface area (Å²) in [5, 5.41) is 3.18. The van der Waals surface area contributed by atoms with E-state index in [1.807, 2.05) is 19.2 Å². The average Bonchev–Trinajstić information content (AvgIpc) is 2.37.